The van der Waals surface area contributed by atoms with Gasteiger partial charge in [-0.2, -0.15) is 11.8 Å². The minimum absolute atomic E-state index is 0.127. The first-order valence-corrected chi connectivity index (χ1v) is 6.25. The van der Waals surface area contributed by atoms with Gasteiger partial charge in [-0.25, -0.2) is 0 Å². The fourth-order valence-corrected chi connectivity index (χ4v) is 1.76. The van der Waals surface area contributed by atoms with Crippen molar-refractivity contribution in [2.24, 2.45) is 0 Å². The molecule has 2 nitrogen and oxygen atoms in total. The molecule has 0 saturated heterocycles. The summed E-state index contributed by atoms with van der Waals surface area (Å²) < 4.78 is 5.11. The van der Waals surface area contributed by atoms with Gasteiger partial charge in [-0.15, -0.1) is 0 Å². The highest BCUT2D eigenvalue weighted by Crippen LogP contribution is 2.05. The van der Waals surface area contributed by atoms with E-state index in [9.17, 15) is 4.79 Å². The van der Waals surface area contributed by atoms with Gasteiger partial charge >= 0.3 is 5.97 Å². The molecule has 0 radical (unpaired) electrons. The largest absolute Gasteiger partial charge is 0.460 e. The fraction of sp³-hybridized carbons (Fsp3) is 0.417. The molecule has 0 aliphatic rings. The molecule has 0 heterocycles. The number of carbonyl (C=O) groups excluding carboxylic acids is 1. The van der Waals surface area contributed by atoms with Gasteiger partial charge in [0.2, 0.25) is 0 Å². The fourth-order valence-electron chi connectivity index (χ4n) is 1.08. The number of esters is 1. The Morgan fingerprint density at radius 1 is 1.33 bits per heavy atom. The number of hydrogen-bond donors (Lipinski definition) is 0. The molecule has 0 N–H and O–H groups in total. The van der Waals surface area contributed by atoms with Crippen molar-refractivity contribution >= 4 is 17.7 Å². The van der Waals surface area contributed by atoms with E-state index < -0.39 is 0 Å². The first-order chi connectivity index (χ1) is 7.33. The maximum absolute atomic E-state index is 11.2. The minimum Gasteiger partial charge on any atom is -0.460 e. The van der Waals surface area contributed by atoms with Crippen molar-refractivity contribution in [2.45, 2.75) is 20.0 Å². The van der Waals surface area contributed by atoms with E-state index in [-0.39, 0.29) is 5.97 Å². The van der Waals surface area contributed by atoms with Crippen molar-refractivity contribution in [1.82, 2.24) is 0 Å². The van der Waals surface area contributed by atoms with Crippen LogP contribution in [0.5, 0.6) is 0 Å². The number of thioether (sulfide) groups is 1. The van der Waals surface area contributed by atoms with Crippen LogP contribution in [0.4, 0.5) is 0 Å². The molecule has 1 aromatic rings. The van der Waals surface area contributed by atoms with Crippen molar-refractivity contribution in [3.63, 3.8) is 0 Å². The molecule has 0 saturated carbocycles. The van der Waals surface area contributed by atoms with Gasteiger partial charge in [0.05, 0.1) is 5.75 Å². The lowest BCUT2D eigenvalue weighted by atomic mass is 10.2. The third-order valence-corrected chi connectivity index (χ3v) is 2.95. The van der Waals surface area contributed by atoms with Crippen LogP contribution in [0.1, 0.15) is 18.9 Å². The van der Waals surface area contributed by atoms with Crippen LogP contribution >= 0.6 is 11.8 Å². The highest BCUT2D eigenvalue weighted by atomic mass is 32.2. The van der Waals surface area contributed by atoms with Gasteiger partial charge in [-0.3, -0.25) is 4.79 Å². The van der Waals surface area contributed by atoms with E-state index in [1.165, 1.54) is 0 Å². The maximum Gasteiger partial charge on any atom is 0.316 e. The molecule has 0 atom stereocenters. The highest BCUT2D eigenvalue weighted by molar-refractivity contribution is 7.99. The lowest BCUT2D eigenvalue weighted by Crippen LogP contribution is -2.07. The van der Waals surface area contributed by atoms with Crippen LogP contribution in [-0.4, -0.2) is 17.5 Å². The molecule has 0 aliphatic carbocycles. The van der Waals surface area contributed by atoms with Gasteiger partial charge in [-0.05, 0) is 17.7 Å². The van der Waals surface area contributed by atoms with Gasteiger partial charge in [-0.1, -0.05) is 37.3 Å². The van der Waals surface area contributed by atoms with E-state index in [1.807, 2.05) is 30.3 Å². The quantitative estimate of drug-likeness (QED) is 0.549. The second-order valence-electron chi connectivity index (χ2n) is 3.20. The molecule has 3 heteroatoms. The predicted molar refractivity (Wildman–Crippen MR) is 63.9 cm³/mol. The van der Waals surface area contributed by atoms with Crippen LogP contribution in [0.15, 0.2) is 30.3 Å². The minimum atomic E-state index is -0.127. The number of benzene rings is 1. The van der Waals surface area contributed by atoms with Crippen molar-refractivity contribution in [3.8, 4) is 0 Å². The zero-order valence-corrected chi connectivity index (χ0v) is 9.76. The third kappa shape index (κ3) is 5.47. The first-order valence-electron chi connectivity index (χ1n) is 5.10. The summed E-state index contributed by atoms with van der Waals surface area (Å²) in [7, 11) is 0. The molecular formula is C12H16O2S. The van der Waals surface area contributed by atoms with Gasteiger partial charge < -0.3 is 4.74 Å². The molecule has 15 heavy (non-hydrogen) atoms. The van der Waals surface area contributed by atoms with Crippen molar-refractivity contribution < 1.29 is 9.53 Å². The van der Waals surface area contributed by atoms with Crippen LogP contribution in [0.2, 0.25) is 0 Å². The molecule has 0 aromatic heterocycles. The van der Waals surface area contributed by atoms with Crippen LogP contribution in [0.3, 0.4) is 0 Å². The molecular weight excluding hydrogens is 208 g/mol. The molecule has 0 bridgehead atoms. The molecule has 0 aliphatic heterocycles. The molecule has 0 spiro atoms. The Labute approximate surface area is 95.0 Å². The number of rotatable bonds is 6. The summed E-state index contributed by atoms with van der Waals surface area (Å²) in [6.45, 7) is 2.48. The summed E-state index contributed by atoms with van der Waals surface area (Å²) in [5.41, 5.74) is 1.03. The summed E-state index contributed by atoms with van der Waals surface area (Å²) >= 11 is 1.62. The monoisotopic (exact) mass is 224 g/mol. The highest BCUT2D eigenvalue weighted by Gasteiger charge is 2.02. The summed E-state index contributed by atoms with van der Waals surface area (Å²) in [4.78, 5) is 11.2. The van der Waals surface area contributed by atoms with Gasteiger partial charge in [0, 0.05) is 0 Å². The van der Waals surface area contributed by atoms with Crippen molar-refractivity contribution in [1.29, 1.82) is 0 Å². The molecule has 0 fully saturated rings. The zero-order chi connectivity index (χ0) is 10.9. The van der Waals surface area contributed by atoms with E-state index in [0.717, 1.165) is 17.7 Å². The van der Waals surface area contributed by atoms with Crippen LogP contribution in [-0.2, 0) is 16.1 Å². The Hall–Kier alpha value is -0.960. The van der Waals surface area contributed by atoms with E-state index in [1.54, 1.807) is 11.8 Å². The van der Waals surface area contributed by atoms with Gasteiger partial charge in [0.15, 0.2) is 0 Å². The summed E-state index contributed by atoms with van der Waals surface area (Å²) in [5, 5.41) is 0. The third-order valence-electron chi connectivity index (χ3n) is 1.81. The summed E-state index contributed by atoms with van der Waals surface area (Å²) in [6, 6.07) is 9.73. The molecule has 1 aromatic carbocycles. The van der Waals surface area contributed by atoms with Crippen LogP contribution < -0.4 is 0 Å². The summed E-state index contributed by atoms with van der Waals surface area (Å²) in [6.07, 6.45) is 1.09. The van der Waals surface area contributed by atoms with E-state index >= 15 is 0 Å². The predicted octanol–water partition coefficient (Wildman–Crippen LogP) is 2.87. The number of ether oxygens (including phenoxy) is 1. The Bertz CT molecular complexity index is 285. The van der Waals surface area contributed by atoms with E-state index in [0.29, 0.717) is 12.4 Å². The Morgan fingerprint density at radius 2 is 2.07 bits per heavy atom. The molecule has 0 amide bonds. The number of carbonyl (C=O) groups is 1. The van der Waals surface area contributed by atoms with Crippen LogP contribution in [0, 0.1) is 0 Å². The topological polar surface area (TPSA) is 26.3 Å². The SMILES string of the molecule is CCCSCC(=O)OCc1ccccc1. The lowest BCUT2D eigenvalue weighted by molar-refractivity contribution is -0.141. The van der Waals surface area contributed by atoms with Crippen molar-refractivity contribution in [2.75, 3.05) is 11.5 Å². The van der Waals surface area contributed by atoms with E-state index in [4.69, 9.17) is 4.74 Å². The Kier molecular flexibility index (Phi) is 5.93. The average molecular weight is 224 g/mol. The molecule has 82 valence electrons. The van der Waals surface area contributed by atoms with Crippen LogP contribution in [0.25, 0.3) is 0 Å². The average Bonchev–Trinajstić information content (AvgIpc) is 2.28. The standard InChI is InChI=1S/C12H16O2S/c1-2-8-15-10-12(13)14-9-11-6-4-3-5-7-11/h3-7H,2,8-10H2,1H3. The smallest absolute Gasteiger partial charge is 0.316 e. The molecule has 1 rings (SSSR count). The zero-order valence-electron chi connectivity index (χ0n) is 8.94. The lowest BCUT2D eigenvalue weighted by Gasteiger charge is -2.04. The Balaban J connectivity index is 2.17. The first kappa shape index (κ1) is 12.1. The maximum atomic E-state index is 11.2. The van der Waals surface area contributed by atoms with Gasteiger partial charge in [0.1, 0.15) is 6.61 Å². The van der Waals surface area contributed by atoms with E-state index in [2.05, 4.69) is 6.92 Å². The Morgan fingerprint density at radius 3 is 2.73 bits per heavy atom. The van der Waals surface area contributed by atoms with Gasteiger partial charge in [0.25, 0.3) is 0 Å². The normalized spacial score (nSPS) is 9.93. The molecule has 0 unspecified atom stereocenters. The second-order valence-corrected chi connectivity index (χ2v) is 4.30. The number of hydrogen-bond acceptors (Lipinski definition) is 3. The second kappa shape index (κ2) is 7.35. The summed E-state index contributed by atoms with van der Waals surface area (Å²) in [5.74, 6) is 1.35. The van der Waals surface area contributed by atoms with Crippen molar-refractivity contribution in [3.05, 3.63) is 35.9 Å².